The average Bonchev–Trinajstić information content (AvgIpc) is 3.89. The Balaban J connectivity index is 1.10. The molecule has 3 nitrogen and oxygen atoms in total. The first kappa shape index (κ1) is 33.5. The smallest absolute Gasteiger partial charge is 0.135 e. The van der Waals surface area contributed by atoms with E-state index in [1.807, 2.05) is 11.3 Å². The number of rotatable bonds is 4. The van der Waals surface area contributed by atoms with Gasteiger partial charge in [-0.3, -0.25) is 0 Å². The highest BCUT2D eigenvalue weighted by Gasteiger charge is 2.41. The molecule has 4 heteroatoms. The van der Waals surface area contributed by atoms with Gasteiger partial charge in [0, 0.05) is 64.5 Å². The zero-order chi connectivity index (χ0) is 38.9. The molecular weight excluding hydrogens is 725 g/mol. The Morgan fingerprint density at radius 3 is 2.00 bits per heavy atom. The van der Waals surface area contributed by atoms with Crippen molar-refractivity contribution in [2.45, 2.75) is 38.5 Å². The van der Waals surface area contributed by atoms with Gasteiger partial charge in [-0.05, 0) is 112 Å². The summed E-state index contributed by atoms with van der Waals surface area (Å²) in [6.45, 7) is 9.50. The van der Waals surface area contributed by atoms with E-state index in [9.17, 15) is 0 Å². The van der Waals surface area contributed by atoms with Gasteiger partial charge in [0.1, 0.15) is 11.2 Å². The predicted octanol–water partition coefficient (Wildman–Crippen LogP) is 15.8. The number of furan rings is 1. The maximum absolute atomic E-state index is 6.56. The van der Waals surface area contributed by atoms with E-state index < -0.39 is 0 Å². The number of benzene rings is 8. The van der Waals surface area contributed by atoms with Gasteiger partial charge in [0.15, 0.2) is 0 Å². The van der Waals surface area contributed by atoms with Gasteiger partial charge in [0.05, 0.1) is 11.4 Å². The third kappa shape index (κ3) is 4.61. The molecule has 1 aliphatic heterocycles. The van der Waals surface area contributed by atoms with E-state index in [-0.39, 0.29) is 10.8 Å². The summed E-state index contributed by atoms with van der Waals surface area (Å²) >= 11 is 1.87. The number of hydrogen-bond acceptors (Lipinski definition) is 4. The van der Waals surface area contributed by atoms with Crippen molar-refractivity contribution in [3.05, 3.63) is 192 Å². The normalized spacial score (nSPS) is 14.8. The lowest BCUT2D eigenvalue weighted by atomic mass is 9.71. The molecule has 1 aliphatic carbocycles. The first-order chi connectivity index (χ1) is 28.3. The van der Waals surface area contributed by atoms with E-state index in [0.29, 0.717) is 0 Å². The van der Waals surface area contributed by atoms with Crippen LogP contribution in [0.5, 0.6) is 0 Å². The van der Waals surface area contributed by atoms with Crippen LogP contribution in [-0.4, -0.2) is 0 Å². The van der Waals surface area contributed by atoms with Gasteiger partial charge in [-0.15, -0.1) is 11.3 Å². The van der Waals surface area contributed by atoms with Crippen LogP contribution in [0.3, 0.4) is 0 Å². The van der Waals surface area contributed by atoms with Gasteiger partial charge in [-0.25, -0.2) is 0 Å². The molecule has 0 unspecified atom stereocenters. The maximum atomic E-state index is 6.56. The van der Waals surface area contributed by atoms with Crippen molar-refractivity contribution in [1.82, 2.24) is 0 Å². The Kier molecular flexibility index (Phi) is 6.91. The Morgan fingerprint density at radius 1 is 0.466 bits per heavy atom. The molecule has 0 spiro atoms. The van der Waals surface area contributed by atoms with Crippen LogP contribution in [-0.2, 0) is 10.8 Å². The van der Waals surface area contributed by atoms with Crippen molar-refractivity contribution >= 4 is 87.6 Å². The number of nitrogens with zero attached hydrogens (tertiary/aromatic N) is 2. The van der Waals surface area contributed by atoms with E-state index in [0.717, 1.165) is 39.3 Å². The molecule has 2 aliphatic rings. The van der Waals surface area contributed by atoms with Crippen molar-refractivity contribution < 1.29 is 4.42 Å². The SMILES string of the molecule is CC1(C)c2ccccc2-c2ccc(N(c3ccccc3)c3ccc4c(c3)C(C)(C)c3c(ccc5oc6ccccc6c35)N4c3ccc4c(c3)sc3ccccc34)cc21. The average molecular weight is 765 g/mol. The molecule has 3 heterocycles. The van der Waals surface area contributed by atoms with Gasteiger partial charge in [-0.2, -0.15) is 0 Å². The third-order valence-electron chi connectivity index (χ3n) is 13.0. The highest BCUT2D eigenvalue weighted by atomic mass is 32.1. The lowest BCUT2D eigenvalue weighted by molar-refractivity contribution is 0.634. The van der Waals surface area contributed by atoms with Crippen molar-refractivity contribution in [1.29, 1.82) is 0 Å². The van der Waals surface area contributed by atoms with Crippen LogP contribution in [0.4, 0.5) is 34.1 Å². The molecule has 0 atom stereocenters. The third-order valence-corrected chi connectivity index (χ3v) is 14.1. The van der Waals surface area contributed by atoms with E-state index >= 15 is 0 Å². The van der Waals surface area contributed by atoms with Gasteiger partial charge in [-0.1, -0.05) is 119 Å². The van der Waals surface area contributed by atoms with E-state index in [4.69, 9.17) is 4.42 Å². The van der Waals surface area contributed by atoms with E-state index in [1.54, 1.807) is 0 Å². The second-order valence-electron chi connectivity index (χ2n) is 16.9. The summed E-state index contributed by atoms with van der Waals surface area (Å²) < 4.78 is 9.16. The molecule has 278 valence electrons. The fourth-order valence-corrected chi connectivity index (χ4v) is 11.4. The van der Waals surface area contributed by atoms with Crippen LogP contribution >= 0.6 is 11.3 Å². The van der Waals surface area contributed by atoms with Crippen molar-refractivity contribution in [2.24, 2.45) is 0 Å². The van der Waals surface area contributed by atoms with Gasteiger partial charge in [0.25, 0.3) is 0 Å². The Morgan fingerprint density at radius 2 is 1.14 bits per heavy atom. The number of thiophene rings is 1. The zero-order valence-corrected chi connectivity index (χ0v) is 33.7. The molecule has 0 saturated carbocycles. The number of para-hydroxylation sites is 2. The van der Waals surface area contributed by atoms with E-state index in [1.165, 1.54) is 70.3 Å². The molecule has 0 radical (unpaired) electrons. The monoisotopic (exact) mass is 764 g/mol. The fourth-order valence-electron chi connectivity index (χ4n) is 10.2. The standard InChI is InChI=1S/C54H40N2OS/c1-53(2)42-19-11-8-16-37(42)38-25-22-34(30-43(38)53)55(33-14-6-5-7-15-33)35-24-27-45-44(31-35)54(3,4)52-46(28-29-48-51(52)41-18-9-12-20-47(41)57-48)56(45)36-23-26-40-39-17-10-13-21-49(39)58-50(40)32-36/h5-32H,1-4H3. The van der Waals surface area contributed by atoms with Crippen molar-refractivity contribution in [2.75, 3.05) is 9.80 Å². The van der Waals surface area contributed by atoms with Crippen LogP contribution < -0.4 is 9.80 Å². The Bertz CT molecular complexity index is 3310. The minimum Gasteiger partial charge on any atom is -0.456 e. The number of fused-ring (bicyclic) bond motifs is 12. The molecule has 2 aromatic heterocycles. The van der Waals surface area contributed by atoms with Crippen LogP contribution in [0, 0.1) is 0 Å². The number of anilines is 6. The summed E-state index contributed by atoms with van der Waals surface area (Å²) in [6.07, 6.45) is 0. The fraction of sp³-hybridized carbons (Fsp3) is 0.111. The van der Waals surface area contributed by atoms with Crippen LogP contribution in [0.15, 0.2) is 174 Å². The first-order valence-corrected chi connectivity index (χ1v) is 21.0. The molecule has 10 aromatic rings. The van der Waals surface area contributed by atoms with Crippen LogP contribution in [0.1, 0.15) is 49.9 Å². The van der Waals surface area contributed by atoms with Gasteiger partial charge < -0.3 is 14.2 Å². The maximum Gasteiger partial charge on any atom is 0.135 e. The number of hydrogen-bond donors (Lipinski definition) is 0. The lowest BCUT2D eigenvalue weighted by Gasteiger charge is -2.43. The molecule has 0 bridgehead atoms. The molecule has 0 amide bonds. The Labute approximate surface area is 342 Å². The van der Waals surface area contributed by atoms with Gasteiger partial charge in [0.2, 0.25) is 0 Å². The second kappa shape index (κ2) is 12.0. The van der Waals surface area contributed by atoms with Crippen molar-refractivity contribution in [3.8, 4) is 11.1 Å². The molecule has 0 fully saturated rings. The topological polar surface area (TPSA) is 19.6 Å². The first-order valence-electron chi connectivity index (χ1n) is 20.2. The summed E-state index contributed by atoms with van der Waals surface area (Å²) in [5, 5.41) is 4.94. The highest BCUT2D eigenvalue weighted by Crippen LogP contribution is 2.57. The van der Waals surface area contributed by atoms with Gasteiger partial charge >= 0.3 is 0 Å². The predicted molar refractivity (Wildman–Crippen MR) is 246 cm³/mol. The van der Waals surface area contributed by atoms with Crippen molar-refractivity contribution in [3.63, 3.8) is 0 Å². The molecular formula is C54H40N2OS. The van der Waals surface area contributed by atoms with Crippen LogP contribution in [0.25, 0.3) is 53.2 Å². The Hall–Kier alpha value is -6.62. The molecule has 0 saturated heterocycles. The summed E-state index contributed by atoms with van der Waals surface area (Å²) in [5.74, 6) is 0. The molecule has 58 heavy (non-hydrogen) atoms. The lowest BCUT2D eigenvalue weighted by Crippen LogP contribution is -2.31. The minimum atomic E-state index is -0.380. The zero-order valence-electron chi connectivity index (χ0n) is 32.9. The molecule has 8 aromatic carbocycles. The minimum absolute atomic E-state index is 0.111. The summed E-state index contributed by atoms with van der Waals surface area (Å²) in [6, 6.07) is 62.6. The van der Waals surface area contributed by atoms with E-state index in [2.05, 4.69) is 207 Å². The molecule has 0 N–H and O–H groups in total. The second-order valence-corrected chi connectivity index (χ2v) is 18.0. The highest BCUT2D eigenvalue weighted by molar-refractivity contribution is 7.25. The quantitative estimate of drug-likeness (QED) is 0.178. The largest absolute Gasteiger partial charge is 0.456 e. The summed E-state index contributed by atoms with van der Waals surface area (Å²) in [4.78, 5) is 4.93. The summed E-state index contributed by atoms with van der Waals surface area (Å²) in [5.41, 5.74) is 16.2. The molecule has 12 rings (SSSR count). The summed E-state index contributed by atoms with van der Waals surface area (Å²) in [7, 11) is 0. The van der Waals surface area contributed by atoms with Crippen LogP contribution in [0.2, 0.25) is 0 Å².